The van der Waals surface area contributed by atoms with Gasteiger partial charge in [0.25, 0.3) is 0 Å². The van der Waals surface area contributed by atoms with Gasteiger partial charge in [0, 0.05) is 19.0 Å². The second kappa shape index (κ2) is 3.55. The minimum absolute atomic E-state index is 0.493. The molecule has 2 rings (SSSR count). The molecule has 0 aliphatic carbocycles. The van der Waals surface area contributed by atoms with Crippen molar-refractivity contribution in [2.75, 3.05) is 7.11 Å². The van der Waals surface area contributed by atoms with Crippen molar-refractivity contribution in [1.82, 2.24) is 9.78 Å². The highest BCUT2D eigenvalue weighted by Crippen LogP contribution is 2.26. The number of rotatable bonds is 2. The van der Waals surface area contributed by atoms with Gasteiger partial charge in [0.1, 0.15) is 5.75 Å². The molecule has 0 saturated carbocycles. The first-order valence-corrected chi connectivity index (χ1v) is 4.87. The van der Waals surface area contributed by atoms with Crippen molar-refractivity contribution in [3.05, 3.63) is 23.4 Å². The summed E-state index contributed by atoms with van der Waals surface area (Å²) in [6.07, 6.45) is 0. The number of methoxy groups -OCH3 is 1. The van der Waals surface area contributed by atoms with Crippen LogP contribution in [0.3, 0.4) is 0 Å². The smallest absolute Gasteiger partial charge is 0.120 e. The normalized spacial score (nSPS) is 10.9. The van der Waals surface area contributed by atoms with E-state index in [9.17, 15) is 0 Å². The van der Waals surface area contributed by atoms with Gasteiger partial charge < -0.3 is 10.5 Å². The molecule has 4 nitrogen and oxygen atoms in total. The van der Waals surface area contributed by atoms with Gasteiger partial charge in [0.05, 0.1) is 18.3 Å². The summed E-state index contributed by atoms with van der Waals surface area (Å²) in [5, 5.41) is 5.49. The second-order valence-corrected chi connectivity index (χ2v) is 3.60. The molecule has 1 heterocycles. The molecule has 0 bridgehead atoms. The minimum atomic E-state index is 0.493. The Morgan fingerprint density at radius 3 is 2.80 bits per heavy atom. The average molecular weight is 205 g/mol. The second-order valence-electron chi connectivity index (χ2n) is 3.60. The Morgan fingerprint density at radius 1 is 1.47 bits per heavy atom. The van der Waals surface area contributed by atoms with Crippen molar-refractivity contribution in [3.63, 3.8) is 0 Å². The summed E-state index contributed by atoms with van der Waals surface area (Å²) in [7, 11) is 3.59. The molecule has 0 spiro atoms. The Kier molecular flexibility index (Phi) is 2.36. The number of hydrogen-bond acceptors (Lipinski definition) is 3. The van der Waals surface area contributed by atoms with Gasteiger partial charge in [-0.3, -0.25) is 4.68 Å². The maximum atomic E-state index is 5.72. The van der Waals surface area contributed by atoms with Crippen molar-refractivity contribution in [3.8, 4) is 5.75 Å². The SMILES string of the molecule is COc1cc(CN)c2c(c1)c(C)nn2C. The largest absolute Gasteiger partial charge is 0.497 e. The Labute approximate surface area is 88.6 Å². The molecule has 1 aromatic carbocycles. The maximum Gasteiger partial charge on any atom is 0.120 e. The van der Waals surface area contributed by atoms with E-state index in [0.29, 0.717) is 6.54 Å². The Morgan fingerprint density at radius 2 is 2.20 bits per heavy atom. The zero-order valence-corrected chi connectivity index (χ0v) is 9.24. The summed E-state index contributed by atoms with van der Waals surface area (Å²) in [5.74, 6) is 0.832. The van der Waals surface area contributed by atoms with Crippen molar-refractivity contribution in [2.45, 2.75) is 13.5 Å². The van der Waals surface area contributed by atoms with Gasteiger partial charge in [-0.25, -0.2) is 0 Å². The van der Waals surface area contributed by atoms with Crippen molar-refractivity contribution in [1.29, 1.82) is 0 Å². The average Bonchev–Trinajstić information content (AvgIpc) is 2.53. The molecule has 80 valence electrons. The van der Waals surface area contributed by atoms with E-state index in [1.807, 2.05) is 30.8 Å². The first-order chi connectivity index (χ1) is 7.17. The van der Waals surface area contributed by atoms with Crippen LogP contribution >= 0.6 is 0 Å². The van der Waals surface area contributed by atoms with Crippen LogP contribution in [0.2, 0.25) is 0 Å². The summed E-state index contributed by atoms with van der Waals surface area (Å²) in [4.78, 5) is 0. The van der Waals surface area contributed by atoms with E-state index >= 15 is 0 Å². The van der Waals surface area contributed by atoms with E-state index in [4.69, 9.17) is 10.5 Å². The van der Waals surface area contributed by atoms with E-state index in [2.05, 4.69) is 5.10 Å². The lowest BCUT2D eigenvalue weighted by molar-refractivity contribution is 0.415. The fourth-order valence-corrected chi connectivity index (χ4v) is 1.93. The molecular weight excluding hydrogens is 190 g/mol. The molecule has 0 atom stereocenters. The summed E-state index contributed by atoms with van der Waals surface area (Å²) in [6.45, 7) is 2.48. The number of ether oxygens (including phenoxy) is 1. The van der Waals surface area contributed by atoms with Crippen LogP contribution in [0.5, 0.6) is 5.75 Å². The van der Waals surface area contributed by atoms with Crippen LogP contribution in [-0.2, 0) is 13.6 Å². The highest BCUT2D eigenvalue weighted by Gasteiger charge is 2.10. The molecule has 0 fully saturated rings. The molecule has 4 heteroatoms. The highest BCUT2D eigenvalue weighted by molar-refractivity contribution is 5.86. The number of nitrogens with two attached hydrogens (primary N) is 1. The fourth-order valence-electron chi connectivity index (χ4n) is 1.93. The van der Waals surface area contributed by atoms with E-state index < -0.39 is 0 Å². The van der Waals surface area contributed by atoms with Crippen LogP contribution in [0, 0.1) is 6.92 Å². The molecule has 1 aromatic heterocycles. The number of aryl methyl sites for hydroxylation is 2. The summed E-state index contributed by atoms with van der Waals surface area (Å²) >= 11 is 0. The van der Waals surface area contributed by atoms with Crippen molar-refractivity contribution < 1.29 is 4.74 Å². The molecule has 0 radical (unpaired) electrons. The van der Waals surface area contributed by atoms with E-state index in [0.717, 1.165) is 27.9 Å². The summed E-state index contributed by atoms with van der Waals surface area (Å²) in [6, 6.07) is 3.96. The standard InChI is InChI=1S/C11H15N3O/c1-7-10-5-9(15-3)4-8(6-12)11(10)14(2)13-7/h4-5H,6,12H2,1-3H3. The number of benzene rings is 1. The lowest BCUT2D eigenvalue weighted by atomic mass is 10.1. The first-order valence-electron chi connectivity index (χ1n) is 4.87. The Bertz CT molecular complexity index is 502. The third-order valence-corrected chi connectivity index (χ3v) is 2.63. The van der Waals surface area contributed by atoms with Crippen LogP contribution in [0.15, 0.2) is 12.1 Å². The highest BCUT2D eigenvalue weighted by atomic mass is 16.5. The predicted octanol–water partition coefficient (Wildman–Crippen LogP) is 1.35. The Hall–Kier alpha value is -1.55. The third kappa shape index (κ3) is 1.47. The molecule has 15 heavy (non-hydrogen) atoms. The molecule has 0 aliphatic heterocycles. The lowest BCUT2D eigenvalue weighted by Gasteiger charge is -2.06. The monoisotopic (exact) mass is 205 g/mol. The van der Waals surface area contributed by atoms with E-state index in [-0.39, 0.29) is 0 Å². The lowest BCUT2D eigenvalue weighted by Crippen LogP contribution is -2.01. The van der Waals surface area contributed by atoms with E-state index in [1.54, 1.807) is 7.11 Å². The quantitative estimate of drug-likeness (QED) is 0.805. The minimum Gasteiger partial charge on any atom is -0.497 e. The van der Waals surface area contributed by atoms with Crippen molar-refractivity contribution in [2.24, 2.45) is 12.8 Å². The van der Waals surface area contributed by atoms with Gasteiger partial charge in [0.2, 0.25) is 0 Å². The summed E-state index contributed by atoms with van der Waals surface area (Å²) < 4.78 is 7.10. The van der Waals surface area contributed by atoms with Crippen LogP contribution in [0.4, 0.5) is 0 Å². The van der Waals surface area contributed by atoms with Crippen molar-refractivity contribution >= 4 is 10.9 Å². The first kappa shape index (κ1) is 9.98. The summed E-state index contributed by atoms with van der Waals surface area (Å²) in [5.41, 5.74) is 8.88. The molecule has 0 unspecified atom stereocenters. The maximum absolute atomic E-state index is 5.72. The topological polar surface area (TPSA) is 53.1 Å². The van der Waals surface area contributed by atoms with Crippen LogP contribution in [0.25, 0.3) is 10.9 Å². The molecule has 2 aromatic rings. The zero-order chi connectivity index (χ0) is 11.0. The number of hydrogen-bond donors (Lipinski definition) is 1. The van der Waals surface area contributed by atoms with E-state index in [1.165, 1.54) is 0 Å². The number of fused-ring (bicyclic) bond motifs is 1. The molecule has 0 amide bonds. The zero-order valence-electron chi connectivity index (χ0n) is 9.24. The van der Waals surface area contributed by atoms with Gasteiger partial charge in [-0.2, -0.15) is 5.10 Å². The van der Waals surface area contributed by atoms with Gasteiger partial charge >= 0.3 is 0 Å². The molecular formula is C11H15N3O. The molecule has 0 aliphatic rings. The van der Waals surface area contributed by atoms with Crippen LogP contribution in [-0.4, -0.2) is 16.9 Å². The fraction of sp³-hybridized carbons (Fsp3) is 0.364. The Balaban J connectivity index is 2.83. The molecule has 2 N–H and O–H groups in total. The third-order valence-electron chi connectivity index (χ3n) is 2.63. The van der Waals surface area contributed by atoms with Gasteiger partial charge in [0.15, 0.2) is 0 Å². The van der Waals surface area contributed by atoms with Crippen LogP contribution in [0.1, 0.15) is 11.3 Å². The van der Waals surface area contributed by atoms with Crippen LogP contribution < -0.4 is 10.5 Å². The number of aromatic nitrogens is 2. The predicted molar refractivity (Wildman–Crippen MR) is 59.9 cm³/mol. The van der Waals surface area contributed by atoms with Gasteiger partial charge in [-0.1, -0.05) is 0 Å². The van der Waals surface area contributed by atoms with Gasteiger partial charge in [-0.15, -0.1) is 0 Å². The van der Waals surface area contributed by atoms with Gasteiger partial charge in [-0.05, 0) is 24.6 Å². The molecule has 0 saturated heterocycles. The number of nitrogens with zero attached hydrogens (tertiary/aromatic N) is 2.